The number of imidazole rings is 1. The van der Waals surface area contributed by atoms with Crippen LogP contribution in [0, 0.1) is 0 Å². The minimum Gasteiger partial charge on any atom is -0.309 e. The molecular formula is C21H13Cl2F3N4O. The number of rotatable bonds is 3. The van der Waals surface area contributed by atoms with Gasteiger partial charge in [0.2, 0.25) is 0 Å². The fourth-order valence-electron chi connectivity index (χ4n) is 3.08. The summed E-state index contributed by atoms with van der Waals surface area (Å²) in [5.74, 6) is -0.432. The van der Waals surface area contributed by atoms with Gasteiger partial charge < -0.3 is 4.90 Å². The molecule has 2 aromatic carbocycles. The first kappa shape index (κ1) is 21.1. The molecule has 0 aliphatic rings. The van der Waals surface area contributed by atoms with Crippen LogP contribution in [0.3, 0.4) is 0 Å². The fraction of sp³-hybridized carbons (Fsp3) is 0.0952. The van der Waals surface area contributed by atoms with E-state index in [0.29, 0.717) is 32.6 Å². The molecule has 31 heavy (non-hydrogen) atoms. The first-order valence-electron chi connectivity index (χ1n) is 8.89. The number of hydrogen-bond donors (Lipinski definition) is 0. The van der Waals surface area contributed by atoms with E-state index in [1.54, 1.807) is 23.6 Å². The number of anilines is 1. The van der Waals surface area contributed by atoms with Gasteiger partial charge in [-0.25, -0.2) is 9.97 Å². The second-order valence-corrected chi connectivity index (χ2v) is 7.52. The van der Waals surface area contributed by atoms with Gasteiger partial charge in [0.25, 0.3) is 5.91 Å². The number of nitrogens with zero attached hydrogens (tertiary/aromatic N) is 4. The highest BCUT2D eigenvalue weighted by molar-refractivity contribution is 6.36. The molecule has 0 N–H and O–H groups in total. The van der Waals surface area contributed by atoms with E-state index in [2.05, 4.69) is 9.97 Å². The number of amides is 1. The van der Waals surface area contributed by atoms with Crippen molar-refractivity contribution in [3.8, 4) is 11.3 Å². The van der Waals surface area contributed by atoms with Crippen molar-refractivity contribution in [2.45, 2.75) is 6.18 Å². The molecule has 0 aliphatic heterocycles. The Morgan fingerprint density at radius 2 is 1.74 bits per heavy atom. The Hall–Kier alpha value is -3.10. The lowest BCUT2D eigenvalue weighted by molar-refractivity contribution is -0.137. The maximum atomic E-state index is 13.0. The second kappa shape index (κ2) is 7.86. The summed E-state index contributed by atoms with van der Waals surface area (Å²) in [6.45, 7) is 0. The summed E-state index contributed by atoms with van der Waals surface area (Å²) < 4.78 is 40.1. The molecule has 0 fully saturated rings. The molecule has 10 heteroatoms. The Bertz CT molecular complexity index is 1290. The average Bonchev–Trinajstić information content (AvgIpc) is 3.15. The van der Waals surface area contributed by atoms with Crippen LogP contribution < -0.4 is 4.90 Å². The summed E-state index contributed by atoms with van der Waals surface area (Å²) in [6, 6.07) is 9.46. The molecule has 5 nitrogen and oxygen atoms in total. The Morgan fingerprint density at radius 1 is 1.03 bits per heavy atom. The third kappa shape index (κ3) is 4.08. The van der Waals surface area contributed by atoms with Gasteiger partial charge in [0.15, 0.2) is 5.65 Å². The predicted molar refractivity (Wildman–Crippen MR) is 113 cm³/mol. The fourth-order valence-corrected chi connectivity index (χ4v) is 3.61. The van der Waals surface area contributed by atoms with Gasteiger partial charge in [-0.05, 0) is 30.3 Å². The van der Waals surface area contributed by atoms with Crippen LogP contribution >= 0.6 is 23.2 Å². The van der Waals surface area contributed by atoms with Gasteiger partial charge in [-0.1, -0.05) is 35.3 Å². The molecule has 0 atom stereocenters. The molecule has 0 unspecified atom stereocenters. The Labute approximate surface area is 184 Å². The molecule has 2 aromatic heterocycles. The molecule has 0 spiro atoms. The van der Waals surface area contributed by atoms with Crippen LogP contribution in [0.2, 0.25) is 10.0 Å². The minimum absolute atomic E-state index is 0.104. The molecule has 4 rings (SSSR count). The maximum absolute atomic E-state index is 13.0. The summed E-state index contributed by atoms with van der Waals surface area (Å²) >= 11 is 12.1. The SMILES string of the molecule is CN(C(=O)c1cn2c(-c3ccc(C(F)(F)F)cc3)cnc2cn1)c1ccc(Cl)cc1Cl. The molecule has 0 saturated carbocycles. The first-order valence-corrected chi connectivity index (χ1v) is 9.64. The number of carbonyl (C=O) groups excluding carboxylic acids is 1. The number of alkyl halides is 3. The highest BCUT2D eigenvalue weighted by Crippen LogP contribution is 2.32. The van der Waals surface area contributed by atoms with E-state index in [4.69, 9.17) is 23.2 Å². The Kier molecular flexibility index (Phi) is 5.36. The van der Waals surface area contributed by atoms with Crippen LogP contribution in [0.1, 0.15) is 16.1 Å². The van der Waals surface area contributed by atoms with Crippen molar-refractivity contribution < 1.29 is 18.0 Å². The lowest BCUT2D eigenvalue weighted by Gasteiger charge is -2.18. The van der Waals surface area contributed by atoms with Gasteiger partial charge in [0.05, 0.1) is 34.4 Å². The molecule has 158 valence electrons. The lowest BCUT2D eigenvalue weighted by atomic mass is 10.1. The van der Waals surface area contributed by atoms with Crippen molar-refractivity contribution in [2.75, 3.05) is 11.9 Å². The first-order chi connectivity index (χ1) is 14.6. The Morgan fingerprint density at radius 3 is 2.39 bits per heavy atom. The van der Waals surface area contributed by atoms with Gasteiger partial charge in [-0.15, -0.1) is 0 Å². The van der Waals surface area contributed by atoms with E-state index in [0.717, 1.165) is 12.1 Å². The predicted octanol–water partition coefficient (Wildman–Crippen LogP) is 6.00. The van der Waals surface area contributed by atoms with Gasteiger partial charge in [0.1, 0.15) is 5.69 Å². The third-order valence-corrected chi connectivity index (χ3v) is 5.24. The van der Waals surface area contributed by atoms with Gasteiger partial charge in [-0.2, -0.15) is 13.2 Å². The zero-order valence-electron chi connectivity index (χ0n) is 15.9. The molecule has 2 heterocycles. The lowest BCUT2D eigenvalue weighted by Crippen LogP contribution is -2.27. The largest absolute Gasteiger partial charge is 0.416 e. The van der Waals surface area contributed by atoms with E-state index in [1.165, 1.54) is 41.7 Å². The monoisotopic (exact) mass is 464 g/mol. The average molecular weight is 465 g/mol. The Balaban J connectivity index is 1.70. The summed E-state index contributed by atoms with van der Waals surface area (Å²) in [5, 5.41) is 0.742. The van der Waals surface area contributed by atoms with E-state index >= 15 is 0 Å². The molecule has 0 bridgehead atoms. The van der Waals surface area contributed by atoms with E-state index in [1.807, 2.05) is 0 Å². The number of carbonyl (C=O) groups is 1. The smallest absolute Gasteiger partial charge is 0.309 e. The number of benzene rings is 2. The molecular weight excluding hydrogens is 452 g/mol. The number of aromatic nitrogens is 3. The van der Waals surface area contributed by atoms with Crippen molar-refractivity contribution in [3.05, 3.63) is 82.4 Å². The third-order valence-electron chi connectivity index (χ3n) is 4.70. The molecule has 4 aromatic rings. The molecule has 0 radical (unpaired) electrons. The highest BCUT2D eigenvalue weighted by atomic mass is 35.5. The molecule has 0 saturated heterocycles. The van der Waals surface area contributed by atoms with Gasteiger partial charge >= 0.3 is 6.18 Å². The number of halogens is 5. The standard InChI is InChI=1S/C21H13Cl2F3N4O/c1-29(17-7-6-14(22)8-15(17)23)20(31)16-11-30-18(9-28-19(30)10-27-16)12-2-4-13(5-3-12)21(24,25)26/h2-11H,1H3. The van der Waals surface area contributed by atoms with Crippen LogP contribution in [-0.2, 0) is 6.18 Å². The summed E-state index contributed by atoms with van der Waals surface area (Å²) in [5.41, 5.74) is 1.29. The van der Waals surface area contributed by atoms with Crippen LogP contribution in [0.25, 0.3) is 16.9 Å². The van der Waals surface area contributed by atoms with E-state index in [-0.39, 0.29) is 5.69 Å². The van der Waals surface area contributed by atoms with Crippen LogP contribution in [0.5, 0.6) is 0 Å². The van der Waals surface area contributed by atoms with Crippen molar-refractivity contribution >= 4 is 40.4 Å². The minimum atomic E-state index is -4.42. The number of hydrogen-bond acceptors (Lipinski definition) is 3. The summed E-state index contributed by atoms with van der Waals surface area (Å²) in [4.78, 5) is 22.7. The van der Waals surface area contributed by atoms with Crippen molar-refractivity contribution in [1.82, 2.24) is 14.4 Å². The summed E-state index contributed by atoms with van der Waals surface area (Å²) in [7, 11) is 1.55. The zero-order valence-corrected chi connectivity index (χ0v) is 17.4. The number of fused-ring (bicyclic) bond motifs is 1. The quantitative estimate of drug-likeness (QED) is 0.373. The molecule has 1 amide bonds. The van der Waals surface area contributed by atoms with Crippen LogP contribution in [0.15, 0.2) is 61.1 Å². The van der Waals surface area contributed by atoms with Crippen molar-refractivity contribution in [2.24, 2.45) is 0 Å². The van der Waals surface area contributed by atoms with Crippen LogP contribution in [-0.4, -0.2) is 27.3 Å². The maximum Gasteiger partial charge on any atom is 0.416 e. The van der Waals surface area contributed by atoms with E-state index in [9.17, 15) is 18.0 Å². The van der Waals surface area contributed by atoms with Crippen molar-refractivity contribution in [3.63, 3.8) is 0 Å². The van der Waals surface area contributed by atoms with Crippen molar-refractivity contribution in [1.29, 1.82) is 0 Å². The second-order valence-electron chi connectivity index (χ2n) is 6.68. The van der Waals surface area contributed by atoms with E-state index < -0.39 is 17.6 Å². The zero-order chi connectivity index (χ0) is 22.3. The van der Waals surface area contributed by atoms with Gasteiger partial charge in [-0.3, -0.25) is 9.20 Å². The van der Waals surface area contributed by atoms with Gasteiger partial charge in [0, 0.05) is 23.8 Å². The summed E-state index contributed by atoms with van der Waals surface area (Å²) in [6.07, 6.45) is -0.0151. The van der Waals surface area contributed by atoms with Crippen LogP contribution in [0.4, 0.5) is 18.9 Å². The molecule has 0 aliphatic carbocycles. The topological polar surface area (TPSA) is 50.5 Å². The normalized spacial score (nSPS) is 11.7. The highest BCUT2D eigenvalue weighted by Gasteiger charge is 2.30.